The van der Waals surface area contributed by atoms with Gasteiger partial charge in [-0.15, -0.1) is 0 Å². The van der Waals surface area contributed by atoms with Crippen molar-refractivity contribution in [3.8, 4) is 0 Å². The van der Waals surface area contributed by atoms with E-state index in [1.807, 2.05) is 0 Å². The number of carbonyl (C=O) groups is 2. The average molecular weight is 299 g/mol. The molecule has 3 N–H and O–H groups in total. The number of pyridine rings is 1. The van der Waals surface area contributed by atoms with Crippen molar-refractivity contribution in [2.75, 3.05) is 0 Å². The van der Waals surface area contributed by atoms with Crippen molar-refractivity contribution in [3.05, 3.63) is 29.0 Å². The molecule has 1 rings (SSSR count). The molecule has 0 unspecified atom stereocenters. The summed E-state index contributed by atoms with van der Waals surface area (Å²) in [5, 5.41) is 12.3. The van der Waals surface area contributed by atoms with Gasteiger partial charge in [0, 0.05) is 24.6 Å². The van der Waals surface area contributed by atoms with Crippen molar-refractivity contribution in [1.29, 1.82) is 0 Å². The van der Waals surface area contributed by atoms with Crippen LogP contribution in [0, 0.1) is 0 Å². The summed E-state index contributed by atoms with van der Waals surface area (Å²) < 4.78 is 0. The molecule has 20 heavy (non-hydrogen) atoms. The lowest BCUT2D eigenvalue weighted by molar-refractivity contribution is -0.129. The highest BCUT2D eigenvalue weighted by Crippen LogP contribution is 2.08. The van der Waals surface area contributed by atoms with Crippen LogP contribution in [0.1, 0.15) is 31.2 Å². The molecule has 8 heteroatoms. The summed E-state index contributed by atoms with van der Waals surface area (Å²) in [6.07, 6.45) is 4.43. The third-order valence-corrected chi connectivity index (χ3v) is 2.68. The number of amides is 2. The first kappa shape index (κ1) is 16.1. The maximum absolute atomic E-state index is 11.4. The van der Waals surface area contributed by atoms with Crippen LogP contribution >= 0.6 is 11.6 Å². The second kappa shape index (κ2) is 9.00. The third-order valence-electron chi connectivity index (χ3n) is 2.36. The number of halogens is 1. The van der Waals surface area contributed by atoms with E-state index in [2.05, 4.69) is 15.5 Å². The fraction of sp³-hybridized carbons (Fsp3) is 0.333. The van der Waals surface area contributed by atoms with Crippen LogP contribution in [0.25, 0.3) is 0 Å². The molecule has 0 atom stereocenters. The summed E-state index contributed by atoms with van der Waals surface area (Å²) in [5.41, 5.74) is 4.49. The number of hydrazone groups is 1. The molecule has 0 saturated carbocycles. The van der Waals surface area contributed by atoms with E-state index >= 15 is 0 Å². The standard InChI is InChI=1S/C12H15ClN4O3/c13-12-9(4-3-7-14-12)8-15-16-10(18)5-1-2-6-11(19)17-20/h3-4,7-8,20H,1-2,5-6H2,(H,16,18)(H,17,19)/b15-8+. The number of carbonyl (C=O) groups excluding carboxylic acids is 2. The Morgan fingerprint density at radius 1 is 1.35 bits per heavy atom. The summed E-state index contributed by atoms with van der Waals surface area (Å²) in [4.78, 5) is 26.0. The molecule has 0 aliphatic rings. The average Bonchev–Trinajstić information content (AvgIpc) is 2.45. The molecule has 0 fully saturated rings. The van der Waals surface area contributed by atoms with Gasteiger partial charge < -0.3 is 0 Å². The van der Waals surface area contributed by atoms with Gasteiger partial charge in [-0.25, -0.2) is 15.9 Å². The summed E-state index contributed by atoms with van der Waals surface area (Å²) >= 11 is 5.81. The van der Waals surface area contributed by atoms with Crippen LogP contribution in [0.5, 0.6) is 0 Å². The van der Waals surface area contributed by atoms with Gasteiger partial charge in [0.15, 0.2) is 0 Å². The van der Waals surface area contributed by atoms with Crippen molar-refractivity contribution in [2.24, 2.45) is 5.10 Å². The van der Waals surface area contributed by atoms with E-state index in [-0.39, 0.29) is 18.7 Å². The van der Waals surface area contributed by atoms with Gasteiger partial charge in [-0.1, -0.05) is 11.6 Å². The molecule has 7 nitrogen and oxygen atoms in total. The third kappa shape index (κ3) is 6.26. The Morgan fingerprint density at radius 2 is 2.05 bits per heavy atom. The van der Waals surface area contributed by atoms with E-state index in [1.165, 1.54) is 11.7 Å². The van der Waals surface area contributed by atoms with Crippen LogP contribution in [0.15, 0.2) is 23.4 Å². The van der Waals surface area contributed by atoms with Gasteiger partial charge in [0.1, 0.15) is 5.15 Å². The van der Waals surface area contributed by atoms with E-state index in [0.717, 1.165) is 0 Å². The van der Waals surface area contributed by atoms with Gasteiger partial charge in [0.2, 0.25) is 11.8 Å². The molecular formula is C12H15ClN4O3. The number of aromatic nitrogens is 1. The molecule has 1 aromatic heterocycles. The van der Waals surface area contributed by atoms with Gasteiger partial charge in [0.25, 0.3) is 0 Å². The quantitative estimate of drug-likeness (QED) is 0.232. The normalized spacial score (nSPS) is 10.5. The predicted octanol–water partition coefficient (Wildman–Crippen LogP) is 1.25. The van der Waals surface area contributed by atoms with E-state index in [1.54, 1.807) is 18.3 Å². The zero-order valence-electron chi connectivity index (χ0n) is 10.7. The maximum Gasteiger partial charge on any atom is 0.243 e. The Balaban J connectivity index is 2.23. The van der Waals surface area contributed by atoms with Crippen molar-refractivity contribution in [2.45, 2.75) is 25.7 Å². The Kier molecular flexibility index (Phi) is 7.23. The molecule has 108 valence electrons. The van der Waals surface area contributed by atoms with Gasteiger partial charge in [-0.05, 0) is 25.0 Å². The minimum atomic E-state index is -0.463. The highest BCUT2D eigenvalue weighted by atomic mass is 35.5. The molecule has 1 aromatic rings. The zero-order valence-corrected chi connectivity index (χ0v) is 11.4. The fourth-order valence-corrected chi connectivity index (χ4v) is 1.52. The number of hydrogen-bond donors (Lipinski definition) is 3. The molecule has 0 radical (unpaired) electrons. The minimum absolute atomic E-state index is 0.179. The first-order valence-corrected chi connectivity index (χ1v) is 6.36. The van der Waals surface area contributed by atoms with Gasteiger partial charge in [-0.2, -0.15) is 5.10 Å². The number of nitrogens with one attached hydrogen (secondary N) is 2. The maximum atomic E-state index is 11.4. The minimum Gasteiger partial charge on any atom is -0.289 e. The molecule has 0 saturated heterocycles. The first-order valence-electron chi connectivity index (χ1n) is 5.99. The molecule has 1 heterocycles. The van der Waals surface area contributed by atoms with Crippen LogP contribution in [-0.4, -0.2) is 28.2 Å². The van der Waals surface area contributed by atoms with Crippen LogP contribution < -0.4 is 10.9 Å². The summed E-state index contributed by atoms with van der Waals surface area (Å²) in [6.45, 7) is 0. The van der Waals surface area contributed by atoms with Gasteiger partial charge in [-0.3, -0.25) is 14.8 Å². The molecular weight excluding hydrogens is 284 g/mol. The Hall–Kier alpha value is -1.99. The number of unbranched alkanes of at least 4 members (excludes halogenated alkanes) is 1. The van der Waals surface area contributed by atoms with Gasteiger partial charge in [0.05, 0.1) is 6.21 Å². The number of hydrogen-bond acceptors (Lipinski definition) is 5. The topological polar surface area (TPSA) is 104 Å². The van der Waals surface area contributed by atoms with Crippen LogP contribution in [0.3, 0.4) is 0 Å². The zero-order chi connectivity index (χ0) is 14.8. The second-order valence-corrected chi connectivity index (χ2v) is 4.28. The van der Waals surface area contributed by atoms with Crippen molar-refractivity contribution in [3.63, 3.8) is 0 Å². The highest BCUT2D eigenvalue weighted by Gasteiger charge is 2.02. The molecule has 0 bridgehead atoms. The first-order chi connectivity index (χ1) is 9.63. The molecule has 2 amide bonds. The van der Waals surface area contributed by atoms with Crippen molar-refractivity contribution >= 4 is 29.6 Å². The fourth-order valence-electron chi connectivity index (χ4n) is 1.35. The van der Waals surface area contributed by atoms with E-state index < -0.39 is 5.91 Å². The van der Waals surface area contributed by atoms with Crippen molar-refractivity contribution < 1.29 is 14.8 Å². The lowest BCUT2D eigenvalue weighted by Gasteiger charge is -2.00. The molecule has 0 aliphatic carbocycles. The highest BCUT2D eigenvalue weighted by molar-refractivity contribution is 6.31. The predicted molar refractivity (Wildman–Crippen MR) is 73.4 cm³/mol. The summed E-state index contributed by atoms with van der Waals surface area (Å²) in [5.74, 6) is -0.722. The van der Waals surface area contributed by atoms with E-state index in [0.29, 0.717) is 23.6 Å². The lowest BCUT2D eigenvalue weighted by atomic mass is 10.2. The Bertz CT molecular complexity index is 493. The van der Waals surface area contributed by atoms with Crippen LogP contribution in [0.2, 0.25) is 5.15 Å². The number of rotatable bonds is 7. The Labute approximate surface area is 121 Å². The number of nitrogens with zero attached hydrogens (tertiary/aromatic N) is 2. The van der Waals surface area contributed by atoms with Crippen LogP contribution in [0.4, 0.5) is 0 Å². The van der Waals surface area contributed by atoms with Crippen molar-refractivity contribution in [1.82, 2.24) is 15.9 Å². The smallest absolute Gasteiger partial charge is 0.243 e. The Morgan fingerprint density at radius 3 is 2.70 bits per heavy atom. The van der Waals surface area contributed by atoms with Crippen LogP contribution in [-0.2, 0) is 9.59 Å². The lowest BCUT2D eigenvalue weighted by Crippen LogP contribution is -2.19. The second-order valence-electron chi connectivity index (χ2n) is 3.92. The molecule has 0 aromatic carbocycles. The van der Waals surface area contributed by atoms with E-state index in [9.17, 15) is 9.59 Å². The van der Waals surface area contributed by atoms with E-state index in [4.69, 9.17) is 16.8 Å². The number of hydroxylamine groups is 1. The molecule has 0 spiro atoms. The van der Waals surface area contributed by atoms with Gasteiger partial charge >= 0.3 is 0 Å². The largest absolute Gasteiger partial charge is 0.289 e. The summed E-state index contributed by atoms with van der Waals surface area (Å²) in [6, 6.07) is 3.43. The molecule has 0 aliphatic heterocycles. The summed E-state index contributed by atoms with van der Waals surface area (Å²) in [7, 11) is 0. The SMILES string of the molecule is O=C(CCCCC(=O)N/N=C/c1cccnc1Cl)NO. The monoisotopic (exact) mass is 298 g/mol.